The lowest BCUT2D eigenvalue weighted by Crippen LogP contribution is -2.25. The number of amides is 1. The second-order valence-corrected chi connectivity index (χ2v) is 6.80. The van der Waals surface area contributed by atoms with Gasteiger partial charge in [-0.1, -0.05) is 33.3 Å². The maximum atomic E-state index is 11.7. The lowest BCUT2D eigenvalue weighted by molar-refractivity contribution is -0.117. The van der Waals surface area contributed by atoms with Crippen molar-refractivity contribution in [2.45, 2.75) is 66.2 Å². The first kappa shape index (κ1) is 17.3. The second-order valence-electron chi connectivity index (χ2n) is 6.80. The Morgan fingerprint density at radius 3 is 2.20 bits per heavy atom. The third-order valence-corrected chi connectivity index (χ3v) is 5.04. The number of carbonyl (C=O) groups is 1. The minimum absolute atomic E-state index is 0.0713. The number of allylic oxidation sites excluding steroid dienone is 1. The number of hydrogen-bond donors (Lipinski definition) is 1. The van der Waals surface area contributed by atoms with E-state index in [1.807, 2.05) is 6.92 Å². The number of carbonyl (C=O) groups excluding carboxylic acids is 1. The van der Waals surface area contributed by atoms with E-state index < -0.39 is 0 Å². The molecular formula is C18H33NO. The van der Waals surface area contributed by atoms with Crippen LogP contribution in [-0.4, -0.2) is 13.0 Å². The Labute approximate surface area is 125 Å². The predicted octanol–water partition coefficient (Wildman–Crippen LogP) is 4.56. The third-order valence-electron chi connectivity index (χ3n) is 5.04. The van der Waals surface area contributed by atoms with Gasteiger partial charge in [-0.2, -0.15) is 0 Å². The van der Waals surface area contributed by atoms with Crippen LogP contribution < -0.4 is 5.32 Å². The van der Waals surface area contributed by atoms with Gasteiger partial charge in [0.05, 0.1) is 0 Å². The van der Waals surface area contributed by atoms with Crippen molar-refractivity contribution >= 4 is 5.91 Å². The fourth-order valence-corrected chi connectivity index (χ4v) is 3.62. The van der Waals surface area contributed by atoms with Crippen molar-refractivity contribution in [1.82, 2.24) is 5.32 Å². The lowest BCUT2D eigenvalue weighted by atomic mass is 9.71. The Hall–Kier alpha value is -0.790. The van der Waals surface area contributed by atoms with E-state index >= 15 is 0 Å². The molecule has 1 amide bonds. The monoisotopic (exact) mass is 279 g/mol. The molecule has 0 radical (unpaired) electrons. The summed E-state index contributed by atoms with van der Waals surface area (Å²) < 4.78 is 0. The van der Waals surface area contributed by atoms with Crippen LogP contribution in [0.25, 0.3) is 0 Å². The maximum absolute atomic E-state index is 11.7. The van der Waals surface area contributed by atoms with Crippen LogP contribution in [0.2, 0.25) is 0 Å². The second kappa shape index (κ2) is 8.49. The molecule has 0 spiro atoms. The largest absolute Gasteiger partial charge is 0.355 e. The molecule has 0 heterocycles. The lowest BCUT2D eigenvalue weighted by Gasteiger charge is -2.34. The first-order chi connectivity index (χ1) is 9.49. The summed E-state index contributed by atoms with van der Waals surface area (Å²) in [4.78, 5) is 11.7. The van der Waals surface area contributed by atoms with E-state index in [9.17, 15) is 4.79 Å². The van der Waals surface area contributed by atoms with Crippen molar-refractivity contribution in [2.24, 2.45) is 23.7 Å². The van der Waals surface area contributed by atoms with Gasteiger partial charge in [0, 0.05) is 12.6 Å². The molecule has 20 heavy (non-hydrogen) atoms. The Bertz CT molecular complexity index is 324. The molecule has 1 unspecified atom stereocenters. The summed E-state index contributed by atoms with van der Waals surface area (Å²) in [5, 5.41) is 2.73. The number of rotatable bonds is 6. The fraction of sp³-hybridized carbons (Fsp3) is 0.833. The van der Waals surface area contributed by atoms with Gasteiger partial charge in [-0.25, -0.2) is 0 Å². The summed E-state index contributed by atoms with van der Waals surface area (Å²) in [5.41, 5.74) is 0.886. The van der Waals surface area contributed by atoms with Crippen LogP contribution in [0.15, 0.2) is 11.6 Å². The fourth-order valence-electron chi connectivity index (χ4n) is 3.62. The van der Waals surface area contributed by atoms with Gasteiger partial charge >= 0.3 is 0 Å². The van der Waals surface area contributed by atoms with Gasteiger partial charge in [-0.15, -0.1) is 0 Å². The van der Waals surface area contributed by atoms with Crippen molar-refractivity contribution in [3.63, 3.8) is 0 Å². The standard InChI is InChI=1S/C18H33NO/c1-6-7-17(12-14(4)18(20)19-5)16-10-8-15(9-11-16)13(2)3/h12-13,15-17H,6-11H2,1-5H3,(H,19,20)/b14-12+. The Balaban J connectivity index is 2.66. The summed E-state index contributed by atoms with van der Waals surface area (Å²) in [6.07, 6.45) is 10.1. The molecule has 0 aromatic rings. The molecule has 1 N–H and O–H groups in total. The molecule has 116 valence electrons. The first-order valence-electron chi connectivity index (χ1n) is 8.40. The molecule has 1 saturated carbocycles. The zero-order chi connectivity index (χ0) is 15.1. The van der Waals surface area contributed by atoms with Gasteiger partial charge < -0.3 is 5.32 Å². The highest BCUT2D eigenvalue weighted by molar-refractivity contribution is 5.92. The molecule has 0 aliphatic heterocycles. The van der Waals surface area contributed by atoms with Crippen molar-refractivity contribution in [2.75, 3.05) is 7.05 Å². The normalized spacial score (nSPS) is 25.6. The number of likely N-dealkylation sites (N-methyl/N-ethyl adjacent to an activating group) is 1. The van der Waals surface area contributed by atoms with Gasteiger partial charge in [-0.05, 0) is 62.7 Å². The van der Waals surface area contributed by atoms with Crippen LogP contribution >= 0.6 is 0 Å². The average Bonchev–Trinajstić information content (AvgIpc) is 2.45. The molecule has 2 heteroatoms. The van der Waals surface area contributed by atoms with Crippen LogP contribution in [-0.2, 0) is 4.79 Å². The summed E-state index contributed by atoms with van der Waals surface area (Å²) in [6, 6.07) is 0. The van der Waals surface area contributed by atoms with Crippen molar-refractivity contribution in [1.29, 1.82) is 0 Å². The van der Waals surface area contributed by atoms with Gasteiger partial charge in [0.1, 0.15) is 0 Å². The Morgan fingerprint density at radius 1 is 1.20 bits per heavy atom. The minimum atomic E-state index is 0.0713. The summed E-state index contributed by atoms with van der Waals surface area (Å²) >= 11 is 0. The van der Waals surface area contributed by atoms with Gasteiger partial charge in [0.15, 0.2) is 0 Å². The van der Waals surface area contributed by atoms with E-state index in [2.05, 4.69) is 32.2 Å². The quantitative estimate of drug-likeness (QED) is 0.710. The molecule has 1 fully saturated rings. The van der Waals surface area contributed by atoms with Crippen LogP contribution in [0.1, 0.15) is 66.2 Å². The highest BCUT2D eigenvalue weighted by Crippen LogP contribution is 2.38. The average molecular weight is 279 g/mol. The summed E-state index contributed by atoms with van der Waals surface area (Å²) in [6.45, 7) is 8.89. The van der Waals surface area contributed by atoms with Gasteiger partial charge in [-0.3, -0.25) is 4.79 Å². The zero-order valence-electron chi connectivity index (χ0n) is 14.0. The van der Waals surface area contributed by atoms with E-state index in [1.165, 1.54) is 38.5 Å². The van der Waals surface area contributed by atoms with E-state index in [4.69, 9.17) is 0 Å². The molecule has 1 aliphatic carbocycles. The molecule has 0 saturated heterocycles. The summed E-state index contributed by atoms with van der Waals surface area (Å²) in [7, 11) is 1.71. The SMILES string of the molecule is CCCC(/C=C(\C)C(=O)NC)C1CCC(C(C)C)CC1. The van der Waals surface area contributed by atoms with Crippen molar-refractivity contribution in [3.8, 4) is 0 Å². The molecule has 0 aromatic heterocycles. The first-order valence-corrected chi connectivity index (χ1v) is 8.40. The van der Waals surface area contributed by atoms with E-state index in [-0.39, 0.29) is 5.91 Å². The Kier molecular flexibility index (Phi) is 7.32. The van der Waals surface area contributed by atoms with Crippen LogP contribution in [0.5, 0.6) is 0 Å². The summed E-state index contributed by atoms with van der Waals surface area (Å²) in [5.74, 6) is 3.18. The van der Waals surface area contributed by atoms with Gasteiger partial charge in [0.2, 0.25) is 5.91 Å². The van der Waals surface area contributed by atoms with Gasteiger partial charge in [0.25, 0.3) is 0 Å². The molecule has 2 nitrogen and oxygen atoms in total. The molecule has 1 aliphatic rings. The van der Waals surface area contributed by atoms with E-state index in [0.29, 0.717) is 5.92 Å². The maximum Gasteiger partial charge on any atom is 0.246 e. The third kappa shape index (κ3) is 4.96. The predicted molar refractivity (Wildman–Crippen MR) is 86.5 cm³/mol. The highest BCUT2D eigenvalue weighted by atomic mass is 16.1. The Morgan fingerprint density at radius 2 is 1.75 bits per heavy atom. The number of nitrogens with one attached hydrogen (secondary N) is 1. The van der Waals surface area contributed by atoms with Crippen LogP contribution in [0, 0.1) is 23.7 Å². The van der Waals surface area contributed by atoms with Crippen LogP contribution in [0.4, 0.5) is 0 Å². The molecular weight excluding hydrogens is 246 g/mol. The van der Waals surface area contributed by atoms with Crippen LogP contribution in [0.3, 0.4) is 0 Å². The molecule has 0 bridgehead atoms. The smallest absolute Gasteiger partial charge is 0.246 e. The topological polar surface area (TPSA) is 29.1 Å². The highest BCUT2D eigenvalue weighted by Gasteiger charge is 2.27. The number of hydrogen-bond acceptors (Lipinski definition) is 1. The zero-order valence-corrected chi connectivity index (χ0v) is 14.0. The minimum Gasteiger partial charge on any atom is -0.355 e. The molecule has 1 atom stereocenters. The van der Waals surface area contributed by atoms with Crippen molar-refractivity contribution in [3.05, 3.63) is 11.6 Å². The molecule has 1 rings (SSSR count). The van der Waals surface area contributed by atoms with Crippen molar-refractivity contribution < 1.29 is 4.79 Å². The molecule has 0 aromatic carbocycles. The van der Waals surface area contributed by atoms with E-state index in [1.54, 1.807) is 7.05 Å². The van der Waals surface area contributed by atoms with E-state index in [0.717, 1.165) is 23.3 Å².